The van der Waals surface area contributed by atoms with Gasteiger partial charge in [0.25, 0.3) is 0 Å². The smallest absolute Gasteiger partial charge is 0.228 e. The monoisotopic (exact) mass is 376 g/mol. The molecule has 2 saturated heterocycles. The van der Waals surface area contributed by atoms with Crippen LogP contribution in [0.4, 0.5) is 0 Å². The van der Waals surface area contributed by atoms with Crippen LogP contribution < -0.4 is 10.1 Å². The third-order valence-electron chi connectivity index (χ3n) is 6.10. The molecule has 1 amide bonds. The molecule has 1 spiro atoms. The molecule has 4 nitrogen and oxygen atoms in total. The maximum Gasteiger partial charge on any atom is 0.228 e. The third kappa shape index (κ3) is 4.12. The van der Waals surface area contributed by atoms with Crippen molar-refractivity contribution in [3.8, 4) is 5.75 Å². The van der Waals surface area contributed by atoms with Crippen molar-refractivity contribution in [1.82, 2.24) is 10.2 Å². The molecule has 28 heavy (non-hydrogen) atoms. The van der Waals surface area contributed by atoms with E-state index in [0.29, 0.717) is 0 Å². The number of hydrogen-bond donors (Lipinski definition) is 1. The Bertz CT molecular complexity index is 821. The van der Waals surface area contributed by atoms with Gasteiger partial charge in [-0.2, -0.15) is 0 Å². The number of carbonyl (C=O) groups excluding carboxylic acids is 1. The number of benzene rings is 2. The molecule has 1 N–H and O–H groups in total. The first-order valence-corrected chi connectivity index (χ1v) is 10.1. The lowest BCUT2D eigenvalue weighted by molar-refractivity contribution is -0.121. The summed E-state index contributed by atoms with van der Waals surface area (Å²) in [5.41, 5.74) is 2.30. The second-order valence-electron chi connectivity index (χ2n) is 7.91. The molecular formula is C24H28N2O2. The van der Waals surface area contributed by atoms with E-state index >= 15 is 0 Å². The first kappa shape index (κ1) is 18.8. The molecule has 2 fully saturated rings. The van der Waals surface area contributed by atoms with Gasteiger partial charge in [-0.05, 0) is 42.5 Å². The Morgan fingerprint density at radius 2 is 1.82 bits per heavy atom. The van der Waals surface area contributed by atoms with Crippen molar-refractivity contribution < 1.29 is 9.53 Å². The van der Waals surface area contributed by atoms with Gasteiger partial charge in [0.1, 0.15) is 5.75 Å². The van der Waals surface area contributed by atoms with E-state index in [1.54, 1.807) is 7.11 Å². The van der Waals surface area contributed by atoms with Gasteiger partial charge in [0.05, 0.1) is 13.0 Å². The predicted octanol–water partition coefficient (Wildman–Crippen LogP) is 3.85. The Balaban J connectivity index is 1.29. The molecule has 2 aromatic carbocycles. The van der Waals surface area contributed by atoms with Crippen LogP contribution in [0.1, 0.15) is 36.3 Å². The van der Waals surface area contributed by atoms with Crippen LogP contribution in [0.2, 0.25) is 0 Å². The average molecular weight is 376 g/mol. The van der Waals surface area contributed by atoms with Crippen molar-refractivity contribution in [2.24, 2.45) is 0 Å². The number of methoxy groups -OCH3 is 1. The number of rotatable bonds is 5. The van der Waals surface area contributed by atoms with E-state index < -0.39 is 0 Å². The second-order valence-corrected chi connectivity index (χ2v) is 7.91. The number of carbonyl (C=O) groups is 1. The van der Waals surface area contributed by atoms with Crippen molar-refractivity contribution in [2.45, 2.75) is 30.7 Å². The highest BCUT2D eigenvalue weighted by molar-refractivity contribution is 5.87. The molecule has 2 heterocycles. The van der Waals surface area contributed by atoms with Gasteiger partial charge in [-0.1, -0.05) is 54.6 Å². The summed E-state index contributed by atoms with van der Waals surface area (Å²) in [5, 5.41) is 3.34. The van der Waals surface area contributed by atoms with Crippen LogP contribution in [0, 0.1) is 0 Å². The number of nitrogens with zero attached hydrogens (tertiary/aromatic N) is 1. The number of piperidine rings is 1. The molecule has 0 aromatic heterocycles. The molecule has 4 heteroatoms. The van der Waals surface area contributed by atoms with E-state index in [1.807, 2.05) is 30.3 Å². The van der Waals surface area contributed by atoms with Crippen LogP contribution in [0.15, 0.2) is 60.7 Å². The standard InChI is InChI=1S/C24H28N2O2/c1-28-21-11-9-19(10-12-21)6-5-15-26-16-13-24(14-17-26)18-22(23(27)25-24)20-7-3-2-4-8-20/h2-12,22H,13-18H2,1H3,(H,25,27)/b6-5+/t22-/m0/s1. The Kier molecular flexibility index (Phi) is 5.49. The van der Waals surface area contributed by atoms with Crippen LogP contribution in [0.25, 0.3) is 6.08 Å². The van der Waals surface area contributed by atoms with E-state index in [1.165, 1.54) is 5.56 Å². The number of hydrogen-bond acceptors (Lipinski definition) is 3. The van der Waals surface area contributed by atoms with E-state index in [0.717, 1.165) is 50.2 Å². The minimum atomic E-state index is -0.0201. The van der Waals surface area contributed by atoms with Gasteiger partial charge >= 0.3 is 0 Å². The molecule has 0 saturated carbocycles. The molecule has 1 atom stereocenters. The van der Waals surface area contributed by atoms with E-state index in [2.05, 4.69) is 46.6 Å². The lowest BCUT2D eigenvalue weighted by Gasteiger charge is -2.39. The first-order valence-electron chi connectivity index (χ1n) is 10.1. The SMILES string of the molecule is COc1ccc(/C=C/CN2CCC3(CC2)C[C@@H](c2ccccc2)C(=O)N3)cc1. The third-order valence-corrected chi connectivity index (χ3v) is 6.10. The first-order chi connectivity index (χ1) is 13.7. The fourth-order valence-electron chi connectivity index (χ4n) is 4.38. The van der Waals surface area contributed by atoms with Crippen molar-refractivity contribution in [1.29, 1.82) is 0 Å². The summed E-state index contributed by atoms with van der Waals surface area (Å²) >= 11 is 0. The highest BCUT2D eigenvalue weighted by atomic mass is 16.5. The lowest BCUT2D eigenvalue weighted by atomic mass is 9.82. The molecule has 0 radical (unpaired) electrons. The highest BCUT2D eigenvalue weighted by Crippen LogP contribution is 2.39. The molecular weight excluding hydrogens is 348 g/mol. The summed E-state index contributed by atoms with van der Waals surface area (Å²) < 4.78 is 5.20. The molecule has 146 valence electrons. The minimum absolute atomic E-state index is 0.00252. The van der Waals surface area contributed by atoms with Gasteiger partial charge in [-0.3, -0.25) is 9.69 Å². The molecule has 0 aliphatic carbocycles. The normalized spacial score (nSPS) is 21.9. The zero-order valence-electron chi connectivity index (χ0n) is 16.4. The maximum absolute atomic E-state index is 12.6. The van der Waals surface area contributed by atoms with Crippen molar-refractivity contribution >= 4 is 12.0 Å². The molecule has 2 aliphatic heterocycles. The van der Waals surface area contributed by atoms with Crippen molar-refractivity contribution in [2.75, 3.05) is 26.7 Å². The van der Waals surface area contributed by atoms with Crippen LogP contribution >= 0.6 is 0 Å². The predicted molar refractivity (Wildman–Crippen MR) is 112 cm³/mol. The molecule has 2 aliphatic rings. The largest absolute Gasteiger partial charge is 0.497 e. The lowest BCUT2D eigenvalue weighted by Crippen LogP contribution is -2.50. The fraction of sp³-hybridized carbons (Fsp3) is 0.375. The quantitative estimate of drug-likeness (QED) is 0.862. The summed E-state index contributed by atoms with van der Waals surface area (Å²) in [6.45, 7) is 2.99. The van der Waals surface area contributed by atoms with Gasteiger partial charge in [0, 0.05) is 25.2 Å². The molecule has 4 rings (SSSR count). The average Bonchev–Trinajstić information content (AvgIpc) is 3.06. The summed E-state index contributed by atoms with van der Waals surface area (Å²) in [6, 6.07) is 18.3. The van der Waals surface area contributed by atoms with Gasteiger partial charge in [0.15, 0.2) is 0 Å². The fourth-order valence-corrected chi connectivity index (χ4v) is 4.38. The highest BCUT2D eigenvalue weighted by Gasteiger charge is 2.45. The summed E-state index contributed by atoms with van der Waals surface area (Å²) in [4.78, 5) is 15.0. The second kappa shape index (κ2) is 8.19. The van der Waals surface area contributed by atoms with Gasteiger partial charge in [-0.15, -0.1) is 0 Å². The van der Waals surface area contributed by atoms with Crippen LogP contribution in [-0.4, -0.2) is 43.1 Å². The van der Waals surface area contributed by atoms with Gasteiger partial charge in [-0.25, -0.2) is 0 Å². The Morgan fingerprint density at radius 3 is 2.50 bits per heavy atom. The van der Waals surface area contributed by atoms with Crippen LogP contribution in [0.3, 0.4) is 0 Å². The van der Waals surface area contributed by atoms with E-state index in [4.69, 9.17) is 4.74 Å². The minimum Gasteiger partial charge on any atom is -0.497 e. The molecule has 2 aromatic rings. The van der Waals surface area contributed by atoms with Gasteiger partial charge < -0.3 is 10.1 Å². The van der Waals surface area contributed by atoms with Crippen molar-refractivity contribution in [3.63, 3.8) is 0 Å². The number of nitrogens with one attached hydrogen (secondary N) is 1. The Morgan fingerprint density at radius 1 is 1.11 bits per heavy atom. The summed E-state index contributed by atoms with van der Waals surface area (Å²) in [7, 11) is 1.68. The van der Waals surface area contributed by atoms with Gasteiger partial charge in [0.2, 0.25) is 5.91 Å². The topological polar surface area (TPSA) is 41.6 Å². The zero-order chi connectivity index (χ0) is 19.4. The summed E-state index contributed by atoms with van der Waals surface area (Å²) in [5.74, 6) is 1.08. The zero-order valence-corrected chi connectivity index (χ0v) is 16.4. The maximum atomic E-state index is 12.6. The molecule has 0 unspecified atom stereocenters. The number of likely N-dealkylation sites (tertiary alicyclic amines) is 1. The van der Waals surface area contributed by atoms with E-state index in [-0.39, 0.29) is 17.4 Å². The van der Waals surface area contributed by atoms with E-state index in [9.17, 15) is 4.79 Å². The Labute approximate surface area is 167 Å². The Hall–Kier alpha value is -2.59. The van der Waals surface area contributed by atoms with Crippen LogP contribution in [-0.2, 0) is 4.79 Å². The van der Waals surface area contributed by atoms with Crippen LogP contribution in [0.5, 0.6) is 5.75 Å². The molecule has 0 bridgehead atoms. The summed E-state index contributed by atoms with van der Waals surface area (Å²) in [6.07, 6.45) is 7.36. The van der Waals surface area contributed by atoms with Crippen molar-refractivity contribution in [3.05, 3.63) is 71.8 Å². The number of amides is 1. The number of ether oxygens (including phenoxy) is 1.